The van der Waals surface area contributed by atoms with Gasteiger partial charge in [0.15, 0.2) is 0 Å². The fourth-order valence-electron chi connectivity index (χ4n) is 2.09. The lowest BCUT2D eigenvalue weighted by Crippen LogP contribution is -2.13. The van der Waals surface area contributed by atoms with E-state index in [9.17, 15) is 13.2 Å². The van der Waals surface area contributed by atoms with E-state index in [1.807, 2.05) is 6.92 Å². The Labute approximate surface area is 106 Å². The normalized spacial score (nSPS) is 19.9. The largest absolute Gasteiger partial charge is 0.462 e. The zero-order chi connectivity index (χ0) is 13.3. The Morgan fingerprint density at radius 2 is 2.17 bits per heavy atom. The van der Waals surface area contributed by atoms with Crippen LogP contribution in [-0.4, -0.2) is 25.0 Å². The van der Waals surface area contributed by atoms with Crippen molar-refractivity contribution < 1.29 is 22.5 Å². The lowest BCUT2D eigenvalue weighted by Gasteiger charge is -2.12. The van der Waals surface area contributed by atoms with Gasteiger partial charge in [0.1, 0.15) is 6.10 Å². The number of ether oxygens (including phenoxy) is 1. The molecule has 0 bridgehead atoms. The van der Waals surface area contributed by atoms with Crippen molar-refractivity contribution in [2.24, 2.45) is 0 Å². The van der Waals surface area contributed by atoms with E-state index in [0.29, 0.717) is 24.8 Å². The van der Waals surface area contributed by atoms with Gasteiger partial charge in [-0.25, -0.2) is 0 Å². The molecular formula is C12H14O5S. The predicted octanol–water partition coefficient (Wildman–Crippen LogP) is 1.49. The molecule has 6 heteroatoms. The number of carbonyl (C=O) groups excluding carboxylic acids is 1. The summed E-state index contributed by atoms with van der Waals surface area (Å²) in [6.07, 6.45) is 0.942. The van der Waals surface area contributed by atoms with Crippen molar-refractivity contribution in [1.29, 1.82) is 0 Å². The first-order valence-electron chi connectivity index (χ1n) is 5.63. The van der Waals surface area contributed by atoms with Gasteiger partial charge in [0, 0.05) is 12.8 Å². The second-order valence-electron chi connectivity index (χ2n) is 4.44. The summed E-state index contributed by atoms with van der Waals surface area (Å²) in [7, 11) is -4.25. The van der Waals surface area contributed by atoms with Gasteiger partial charge >= 0.3 is 5.97 Å². The van der Waals surface area contributed by atoms with Gasteiger partial charge < -0.3 is 4.74 Å². The Kier molecular flexibility index (Phi) is 3.41. The van der Waals surface area contributed by atoms with Crippen LogP contribution < -0.4 is 0 Å². The van der Waals surface area contributed by atoms with Gasteiger partial charge in [0.05, 0.1) is 4.90 Å². The molecule has 1 aromatic carbocycles. The van der Waals surface area contributed by atoms with Gasteiger partial charge in [0.25, 0.3) is 10.1 Å². The van der Waals surface area contributed by atoms with Gasteiger partial charge in [0.2, 0.25) is 0 Å². The maximum atomic E-state index is 11.3. The van der Waals surface area contributed by atoms with Gasteiger partial charge in [-0.1, -0.05) is 17.7 Å². The zero-order valence-corrected chi connectivity index (χ0v) is 10.7. The Balaban J connectivity index is 2.31. The third kappa shape index (κ3) is 2.88. The molecule has 0 aromatic heterocycles. The highest BCUT2D eigenvalue weighted by atomic mass is 32.2. The summed E-state index contributed by atoms with van der Waals surface area (Å²) in [5.41, 5.74) is 1.37. The van der Waals surface area contributed by atoms with E-state index in [2.05, 4.69) is 0 Å². The van der Waals surface area contributed by atoms with E-state index in [4.69, 9.17) is 9.29 Å². The fourth-order valence-corrected chi connectivity index (χ4v) is 2.80. The first-order valence-corrected chi connectivity index (χ1v) is 7.07. The molecule has 0 radical (unpaired) electrons. The van der Waals surface area contributed by atoms with E-state index >= 15 is 0 Å². The molecule has 1 aromatic rings. The lowest BCUT2D eigenvalue weighted by molar-refractivity contribution is -0.141. The molecule has 0 aliphatic carbocycles. The third-order valence-corrected chi connectivity index (χ3v) is 3.86. The maximum absolute atomic E-state index is 11.3. The molecule has 18 heavy (non-hydrogen) atoms. The summed E-state index contributed by atoms with van der Waals surface area (Å²) in [4.78, 5) is 10.9. The molecule has 0 spiro atoms. The van der Waals surface area contributed by atoms with Crippen LogP contribution in [0.4, 0.5) is 0 Å². The summed E-state index contributed by atoms with van der Waals surface area (Å²) in [5, 5.41) is 0. The average molecular weight is 270 g/mol. The number of hydrogen-bond acceptors (Lipinski definition) is 4. The molecule has 1 aliphatic heterocycles. The Morgan fingerprint density at radius 3 is 2.72 bits per heavy atom. The van der Waals surface area contributed by atoms with Crippen molar-refractivity contribution in [2.75, 3.05) is 0 Å². The van der Waals surface area contributed by atoms with Crippen LogP contribution >= 0.6 is 0 Å². The minimum atomic E-state index is -4.25. The lowest BCUT2D eigenvalue weighted by atomic mass is 10.0. The van der Waals surface area contributed by atoms with Crippen LogP contribution in [0.1, 0.15) is 24.0 Å². The summed E-state index contributed by atoms with van der Waals surface area (Å²) in [5.74, 6) is -0.263. The highest BCUT2D eigenvalue weighted by Crippen LogP contribution is 2.23. The van der Waals surface area contributed by atoms with Gasteiger partial charge in [-0.05, 0) is 25.0 Å². The number of cyclic esters (lactones) is 1. The number of hydrogen-bond donors (Lipinski definition) is 1. The highest BCUT2D eigenvalue weighted by molar-refractivity contribution is 7.85. The molecule has 1 aliphatic rings. The van der Waals surface area contributed by atoms with Crippen molar-refractivity contribution in [3.8, 4) is 0 Å². The molecular weight excluding hydrogens is 256 g/mol. The summed E-state index contributed by atoms with van der Waals surface area (Å²) in [6.45, 7) is 1.83. The standard InChI is InChI=1S/C12H14O5S/c1-8-2-4-11(18(14,15)16)9(6-8)7-10-3-5-12(13)17-10/h2,4,6,10H,3,5,7H2,1H3,(H,14,15,16)/t10-/m0/s1. The predicted molar refractivity (Wildman–Crippen MR) is 63.8 cm³/mol. The van der Waals surface area contributed by atoms with Gasteiger partial charge in [-0.3, -0.25) is 9.35 Å². The topological polar surface area (TPSA) is 80.7 Å². The van der Waals surface area contributed by atoms with Crippen molar-refractivity contribution in [3.63, 3.8) is 0 Å². The molecule has 1 atom stereocenters. The molecule has 2 rings (SSSR count). The summed E-state index contributed by atoms with van der Waals surface area (Å²) < 4.78 is 36.7. The van der Waals surface area contributed by atoms with Crippen molar-refractivity contribution in [2.45, 2.75) is 37.2 Å². The number of rotatable bonds is 3. The number of benzene rings is 1. The number of esters is 1. The fraction of sp³-hybridized carbons (Fsp3) is 0.417. The monoisotopic (exact) mass is 270 g/mol. The molecule has 98 valence electrons. The van der Waals surface area contributed by atoms with Crippen LogP contribution in [0, 0.1) is 6.92 Å². The average Bonchev–Trinajstić information content (AvgIpc) is 2.62. The van der Waals surface area contributed by atoms with Crippen LogP contribution in [0.25, 0.3) is 0 Å². The summed E-state index contributed by atoms with van der Waals surface area (Å²) >= 11 is 0. The Hall–Kier alpha value is -1.40. The molecule has 1 N–H and O–H groups in total. The van der Waals surface area contributed by atoms with E-state index in [-0.39, 0.29) is 17.0 Å². The molecule has 0 saturated carbocycles. The SMILES string of the molecule is Cc1ccc(S(=O)(=O)O)c(C[C@@H]2CCC(=O)O2)c1. The van der Waals surface area contributed by atoms with Crippen molar-refractivity contribution >= 4 is 16.1 Å². The van der Waals surface area contributed by atoms with Crippen molar-refractivity contribution in [1.82, 2.24) is 0 Å². The Morgan fingerprint density at radius 1 is 1.44 bits per heavy atom. The van der Waals surface area contributed by atoms with Crippen LogP contribution in [0.15, 0.2) is 23.1 Å². The van der Waals surface area contributed by atoms with E-state index in [0.717, 1.165) is 5.56 Å². The first-order chi connectivity index (χ1) is 8.36. The maximum Gasteiger partial charge on any atom is 0.306 e. The molecule has 0 amide bonds. The van der Waals surface area contributed by atoms with Gasteiger partial charge in [-0.2, -0.15) is 8.42 Å². The van der Waals surface area contributed by atoms with Crippen LogP contribution in [-0.2, 0) is 26.1 Å². The van der Waals surface area contributed by atoms with Crippen LogP contribution in [0.3, 0.4) is 0 Å². The first kappa shape index (κ1) is 13.0. The molecule has 5 nitrogen and oxygen atoms in total. The zero-order valence-electron chi connectivity index (χ0n) is 9.92. The Bertz CT molecular complexity index is 576. The molecule has 1 saturated heterocycles. The van der Waals surface area contributed by atoms with E-state index in [1.165, 1.54) is 6.07 Å². The van der Waals surface area contributed by atoms with E-state index < -0.39 is 10.1 Å². The number of carbonyl (C=O) groups is 1. The molecule has 1 heterocycles. The second kappa shape index (κ2) is 4.70. The van der Waals surface area contributed by atoms with Crippen LogP contribution in [0.5, 0.6) is 0 Å². The van der Waals surface area contributed by atoms with Crippen LogP contribution in [0.2, 0.25) is 0 Å². The highest BCUT2D eigenvalue weighted by Gasteiger charge is 2.26. The smallest absolute Gasteiger partial charge is 0.306 e. The van der Waals surface area contributed by atoms with E-state index in [1.54, 1.807) is 12.1 Å². The minimum Gasteiger partial charge on any atom is -0.462 e. The second-order valence-corrected chi connectivity index (χ2v) is 5.83. The molecule has 0 unspecified atom stereocenters. The number of aryl methyl sites for hydroxylation is 1. The third-order valence-electron chi connectivity index (χ3n) is 2.91. The molecule has 1 fully saturated rings. The van der Waals surface area contributed by atoms with Gasteiger partial charge in [-0.15, -0.1) is 0 Å². The quantitative estimate of drug-likeness (QED) is 0.665. The minimum absolute atomic E-state index is 0.115. The summed E-state index contributed by atoms with van der Waals surface area (Å²) in [6, 6.07) is 4.68. The van der Waals surface area contributed by atoms with Crippen molar-refractivity contribution in [3.05, 3.63) is 29.3 Å².